The molecule has 0 bridgehead atoms. The smallest absolute Gasteiger partial charge is 0.246 e. The largest absolute Gasteiger partial charge is 0.355 e. The first-order valence-corrected chi connectivity index (χ1v) is 9.30. The number of rotatable bonds is 6. The van der Waals surface area contributed by atoms with Crippen LogP contribution in [0, 0.1) is 0 Å². The van der Waals surface area contributed by atoms with E-state index < -0.39 is 10.0 Å². The fourth-order valence-corrected chi connectivity index (χ4v) is 3.90. The molecule has 9 heteroatoms. The zero-order chi connectivity index (χ0) is 15.5. The molecule has 0 atom stereocenters. The Bertz CT molecular complexity index is 700. The summed E-state index contributed by atoms with van der Waals surface area (Å²) >= 11 is 4.89. The van der Waals surface area contributed by atoms with Crippen molar-refractivity contribution in [3.8, 4) is 0 Å². The predicted molar refractivity (Wildman–Crippen MR) is 86.9 cm³/mol. The van der Waals surface area contributed by atoms with Gasteiger partial charge in [0.25, 0.3) is 0 Å². The van der Waals surface area contributed by atoms with E-state index in [4.69, 9.17) is 0 Å². The van der Waals surface area contributed by atoms with Crippen molar-refractivity contribution in [3.05, 3.63) is 33.2 Å². The van der Waals surface area contributed by atoms with E-state index in [0.29, 0.717) is 19.0 Å². The molecule has 2 rings (SSSR count). The van der Waals surface area contributed by atoms with Crippen LogP contribution >= 0.6 is 27.3 Å². The Balaban J connectivity index is 2.16. The van der Waals surface area contributed by atoms with E-state index in [2.05, 4.69) is 31.2 Å². The molecule has 0 aliphatic carbocycles. The SMILES string of the molecule is CCNc1ncc(S(=O)(=O)N(C)Cc2csc(Br)c2)cn1. The number of hydrogen-bond acceptors (Lipinski definition) is 6. The minimum Gasteiger partial charge on any atom is -0.355 e. The van der Waals surface area contributed by atoms with Crippen LogP contribution in [0.15, 0.2) is 32.5 Å². The van der Waals surface area contributed by atoms with Crippen LogP contribution in [0.1, 0.15) is 12.5 Å². The van der Waals surface area contributed by atoms with Gasteiger partial charge >= 0.3 is 0 Å². The first-order valence-electron chi connectivity index (χ1n) is 6.18. The van der Waals surface area contributed by atoms with Crippen LogP contribution in [0.3, 0.4) is 0 Å². The molecular formula is C12H15BrN4O2S2. The lowest BCUT2D eigenvalue weighted by atomic mass is 10.3. The van der Waals surface area contributed by atoms with Gasteiger partial charge < -0.3 is 5.32 Å². The Labute approximate surface area is 136 Å². The van der Waals surface area contributed by atoms with Crippen LogP contribution < -0.4 is 5.32 Å². The van der Waals surface area contributed by atoms with Crippen molar-refractivity contribution < 1.29 is 8.42 Å². The number of aromatic nitrogens is 2. The number of nitrogens with one attached hydrogen (secondary N) is 1. The molecule has 0 fully saturated rings. The van der Waals surface area contributed by atoms with Crippen molar-refractivity contribution in [1.82, 2.24) is 14.3 Å². The van der Waals surface area contributed by atoms with Crippen LogP contribution in [0.5, 0.6) is 0 Å². The van der Waals surface area contributed by atoms with E-state index in [-0.39, 0.29) is 4.90 Å². The van der Waals surface area contributed by atoms with Crippen molar-refractivity contribution in [3.63, 3.8) is 0 Å². The highest BCUT2D eigenvalue weighted by Crippen LogP contribution is 2.23. The third-order valence-electron chi connectivity index (χ3n) is 2.70. The molecule has 0 saturated heterocycles. The molecule has 2 aromatic heterocycles. The third kappa shape index (κ3) is 4.00. The molecule has 0 unspecified atom stereocenters. The van der Waals surface area contributed by atoms with Gasteiger partial charge in [0.15, 0.2) is 0 Å². The summed E-state index contributed by atoms with van der Waals surface area (Å²) in [4.78, 5) is 8.07. The lowest BCUT2D eigenvalue weighted by Gasteiger charge is -2.16. The lowest BCUT2D eigenvalue weighted by Crippen LogP contribution is -2.26. The molecule has 2 heterocycles. The molecule has 0 saturated carbocycles. The Kier molecular flexibility index (Phi) is 5.31. The normalized spacial score (nSPS) is 11.8. The molecule has 0 aliphatic rings. The molecule has 1 N–H and O–H groups in total. The second-order valence-electron chi connectivity index (χ2n) is 4.29. The van der Waals surface area contributed by atoms with E-state index >= 15 is 0 Å². The molecule has 0 spiro atoms. The number of anilines is 1. The van der Waals surface area contributed by atoms with Gasteiger partial charge in [-0.05, 0) is 39.9 Å². The average molecular weight is 391 g/mol. The van der Waals surface area contributed by atoms with Crippen LogP contribution in [-0.2, 0) is 16.6 Å². The van der Waals surface area contributed by atoms with Crippen LogP contribution in [-0.4, -0.2) is 36.3 Å². The van der Waals surface area contributed by atoms with Gasteiger partial charge in [0, 0.05) is 20.1 Å². The van der Waals surface area contributed by atoms with Gasteiger partial charge in [-0.1, -0.05) is 0 Å². The first kappa shape index (κ1) is 16.3. The summed E-state index contributed by atoms with van der Waals surface area (Å²) in [5, 5.41) is 4.84. The highest BCUT2D eigenvalue weighted by Gasteiger charge is 2.22. The summed E-state index contributed by atoms with van der Waals surface area (Å²) in [6.45, 7) is 2.90. The molecular weight excluding hydrogens is 376 g/mol. The average Bonchev–Trinajstić information content (AvgIpc) is 2.85. The molecule has 6 nitrogen and oxygen atoms in total. The van der Waals surface area contributed by atoms with E-state index in [0.717, 1.165) is 9.35 Å². The summed E-state index contributed by atoms with van der Waals surface area (Å²) in [5.74, 6) is 0.417. The standard InChI is InChI=1S/C12H15BrN4O2S2/c1-3-14-12-15-5-10(6-16-12)21(18,19)17(2)7-9-4-11(13)20-8-9/h4-6,8H,3,7H2,1-2H3,(H,14,15,16). The Morgan fingerprint density at radius 2 is 2.05 bits per heavy atom. The topological polar surface area (TPSA) is 75.2 Å². The van der Waals surface area contributed by atoms with Crippen LogP contribution in [0.4, 0.5) is 5.95 Å². The number of halogens is 1. The zero-order valence-electron chi connectivity index (χ0n) is 11.6. The minimum atomic E-state index is -3.59. The third-order valence-corrected chi connectivity index (χ3v) is 6.01. The molecule has 2 aromatic rings. The zero-order valence-corrected chi connectivity index (χ0v) is 14.8. The van der Waals surface area contributed by atoms with Crippen molar-refractivity contribution >= 4 is 43.2 Å². The second-order valence-corrected chi connectivity index (χ2v) is 8.63. The first-order chi connectivity index (χ1) is 9.93. The predicted octanol–water partition coefficient (Wildman–Crippen LogP) is 2.55. The number of hydrogen-bond donors (Lipinski definition) is 1. The van der Waals surface area contributed by atoms with Gasteiger partial charge in [-0.3, -0.25) is 0 Å². The fourth-order valence-electron chi connectivity index (χ4n) is 1.65. The van der Waals surface area contributed by atoms with Gasteiger partial charge in [0.2, 0.25) is 16.0 Å². The monoisotopic (exact) mass is 390 g/mol. The van der Waals surface area contributed by atoms with Crippen molar-refractivity contribution in [1.29, 1.82) is 0 Å². The maximum absolute atomic E-state index is 12.4. The Morgan fingerprint density at radius 3 is 2.57 bits per heavy atom. The highest BCUT2D eigenvalue weighted by molar-refractivity contribution is 9.11. The van der Waals surface area contributed by atoms with Crippen LogP contribution in [0.25, 0.3) is 0 Å². The van der Waals surface area contributed by atoms with Crippen molar-refractivity contribution in [2.45, 2.75) is 18.4 Å². The van der Waals surface area contributed by atoms with Crippen LogP contribution in [0.2, 0.25) is 0 Å². The molecule has 21 heavy (non-hydrogen) atoms. The van der Waals surface area contributed by atoms with Gasteiger partial charge in [-0.25, -0.2) is 18.4 Å². The molecule has 0 aliphatic heterocycles. The van der Waals surface area contributed by atoms with E-state index in [9.17, 15) is 8.42 Å². The fraction of sp³-hybridized carbons (Fsp3) is 0.333. The van der Waals surface area contributed by atoms with Gasteiger partial charge in [0.1, 0.15) is 4.90 Å². The summed E-state index contributed by atoms with van der Waals surface area (Å²) in [7, 11) is -2.05. The Morgan fingerprint density at radius 1 is 1.38 bits per heavy atom. The van der Waals surface area contributed by atoms with Crippen molar-refractivity contribution in [2.75, 3.05) is 18.9 Å². The van der Waals surface area contributed by atoms with Gasteiger partial charge in [-0.2, -0.15) is 4.31 Å². The molecule has 114 valence electrons. The second kappa shape index (κ2) is 6.82. The van der Waals surface area contributed by atoms with Gasteiger partial charge in [0.05, 0.1) is 16.2 Å². The summed E-state index contributed by atoms with van der Waals surface area (Å²) in [6, 6.07) is 1.90. The number of nitrogens with zero attached hydrogens (tertiary/aromatic N) is 3. The summed E-state index contributed by atoms with van der Waals surface area (Å²) in [5.41, 5.74) is 0.933. The maximum atomic E-state index is 12.4. The van der Waals surface area contributed by atoms with E-state index in [1.165, 1.54) is 28.0 Å². The molecule has 0 amide bonds. The van der Waals surface area contributed by atoms with Gasteiger partial charge in [-0.15, -0.1) is 11.3 Å². The minimum absolute atomic E-state index is 0.0842. The lowest BCUT2D eigenvalue weighted by molar-refractivity contribution is 0.466. The number of sulfonamides is 1. The van der Waals surface area contributed by atoms with Crippen molar-refractivity contribution in [2.24, 2.45) is 0 Å². The maximum Gasteiger partial charge on any atom is 0.246 e. The molecule has 0 aromatic carbocycles. The Hall–Kier alpha value is -1.03. The quantitative estimate of drug-likeness (QED) is 0.819. The summed E-state index contributed by atoms with van der Waals surface area (Å²) < 4.78 is 27.1. The number of thiophene rings is 1. The molecule has 0 radical (unpaired) electrons. The van der Waals surface area contributed by atoms with E-state index in [1.807, 2.05) is 18.4 Å². The highest BCUT2D eigenvalue weighted by atomic mass is 79.9. The summed E-state index contributed by atoms with van der Waals surface area (Å²) in [6.07, 6.45) is 2.64. The van der Waals surface area contributed by atoms with E-state index in [1.54, 1.807) is 7.05 Å².